The molecule has 1 fully saturated rings. The summed E-state index contributed by atoms with van der Waals surface area (Å²) in [4.78, 5) is 17.2. The fourth-order valence-electron chi connectivity index (χ4n) is 4.02. The van der Waals surface area contributed by atoms with E-state index in [9.17, 15) is 13.7 Å². The maximum absolute atomic E-state index is 15.0. The van der Waals surface area contributed by atoms with Crippen molar-refractivity contribution in [1.29, 1.82) is 0 Å². The van der Waals surface area contributed by atoms with E-state index in [4.69, 9.17) is 4.74 Å². The maximum atomic E-state index is 15.0. The van der Waals surface area contributed by atoms with Gasteiger partial charge in [-0.05, 0) is 49.5 Å². The highest BCUT2D eigenvalue weighted by Crippen LogP contribution is 2.33. The van der Waals surface area contributed by atoms with E-state index < -0.39 is 11.5 Å². The zero-order valence-electron chi connectivity index (χ0n) is 17.2. The molecule has 0 aromatic heterocycles. The molecule has 3 aliphatic rings. The predicted molar refractivity (Wildman–Crippen MR) is 115 cm³/mol. The molecule has 0 bridgehead atoms. The maximum Gasteiger partial charge on any atom is 0.285 e. The van der Waals surface area contributed by atoms with Gasteiger partial charge in [-0.25, -0.2) is 0 Å². The van der Waals surface area contributed by atoms with Gasteiger partial charge in [-0.1, -0.05) is 4.48 Å². The minimum atomic E-state index is -1.25. The number of pyridine rings is 1. The Morgan fingerprint density at radius 2 is 1.68 bits per heavy atom. The molecule has 0 atom stereocenters. The molecule has 9 heteroatoms. The average molecular weight is 425 g/mol. The van der Waals surface area contributed by atoms with Gasteiger partial charge in [0.15, 0.2) is 0 Å². The molecule has 3 heterocycles. The second kappa shape index (κ2) is 7.35. The summed E-state index contributed by atoms with van der Waals surface area (Å²) in [6.07, 6.45) is 0. The third-order valence-corrected chi connectivity index (χ3v) is 5.86. The van der Waals surface area contributed by atoms with Gasteiger partial charge in [0.2, 0.25) is 5.95 Å². The zero-order valence-corrected chi connectivity index (χ0v) is 17.2. The molecule has 160 valence electrons. The van der Waals surface area contributed by atoms with Crippen molar-refractivity contribution in [1.82, 2.24) is 19.5 Å². The summed E-state index contributed by atoms with van der Waals surface area (Å²) in [6, 6.07) is 11.8. The Labute approximate surface area is 176 Å². The topological polar surface area (TPSA) is 55.5 Å². The summed E-state index contributed by atoms with van der Waals surface area (Å²) < 4.78 is 36.1. The molecule has 0 aliphatic carbocycles. The van der Waals surface area contributed by atoms with E-state index in [-0.39, 0.29) is 21.6 Å². The molecule has 31 heavy (non-hydrogen) atoms. The summed E-state index contributed by atoms with van der Waals surface area (Å²) in [5.41, 5.74) is 0.330. The van der Waals surface area contributed by atoms with Crippen molar-refractivity contribution in [2.45, 2.75) is 0 Å². The minimum absolute atomic E-state index is 0.0424. The Hall–Kier alpha value is -3.46. The first-order chi connectivity index (χ1) is 15.0. The van der Waals surface area contributed by atoms with Crippen molar-refractivity contribution < 1.29 is 13.6 Å². The second-order valence-corrected chi connectivity index (χ2v) is 7.70. The van der Waals surface area contributed by atoms with Crippen molar-refractivity contribution in [2.24, 2.45) is 0 Å². The molecule has 0 spiro atoms. The van der Waals surface area contributed by atoms with Crippen LogP contribution in [-0.2, 0) is 0 Å². The van der Waals surface area contributed by atoms with Crippen LogP contribution in [0.2, 0.25) is 0 Å². The average Bonchev–Trinajstić information content (AvgIpc) is 3.15. The Morgan fingerprint density at radius 3 is 2.35 bits per heavy atom. The number of nitrogens with zero attached hydrogens (tertiary/aromatic N) is 5. The highest BCUT2D eigenvalue weighted by Gasteiger charge is 2.28. The van der Waals surface area contributed by atoms with Gasteiger partial charge in [-0.3, -0.25) is 4.79 Å². The number of aromatic nitrogens is 3. The van der Waals surface area contributed by atoms with E-state index in [0.29, 0.717) is 16.8 Å². The van der Waals surface area contributed by atoms with Crippen LogP contribution < -0.4 is 15.2 Å². The summed E-state index contributed by atoms with van der Waals surface area (Å²) in [6.45, 7) is 3.39. The van der Waals surface area contributed by atoms with Crippen LogP contribution in [0.1, 0.15) is 0 Å². The number of fused-ring (bicyclic) bond motifs is 3. The number of anilines is 1. The quantitative estimate of drug-likeness (QED) is 0.473. The van der Waals surface area contributed by atoms with Crippen LogP contribution in [0.4, 0.5) is 14.6 Å². The lowest BCUT2D eigenvalue weighted by Crippen LogP contribution is -2.44. The molecule has 5 rings (SSSR count). The van der Waals surface area contributed by atoms with Gasteiger partial charge in [-0.15, -0.1) is 4.79 Å². The molecular formula is C22H21F2N5O2. The lowest BCUT2D eigenvalue weighted by molar-refractivity contribution is 0.309. The van der Waals surface area contributed by atoms with E-state index in [1.807, 2.05) is 6.07 Å². The molecule has 1 saturated heterocycles. The van der Waals surface area contributed by atoms with E-state index >= 15 is 0 Å². The minimum Gasteiger partial charge on any atom is -0.497 e. The molecule has 2 aromatic rings. The highest BCUT2D eigenvalue weighted by atomic mass is 19.2. The third-order valence-electron chi connectivity index (χ3n) is 5.86. The number of ether oxygens (including phenoxy) is 1. The fourth-order valence-corrected chi connectivity index (χ4v) is 4.02. The van der Waals surface area contributed by atoms with Crippen LogP contribution >= 0.6 is 0 Å². The summed E-state index contributed by atoms with van der Waals surface area (Å²) in [5, 5.41) is 4.72. The van der Waals surface area contributed by atoms with E-state index in [2.05, 4.69) is 21.9 Å². The van der Waals surface area contributed by atoms with Crippen molar-refractivity contribution in [3.8, 4) is 22.7 Å². The number of hydrogen-bond donors (Lipinski definition) is 0. The van der Waals surface area contributed by atoms with Crippen LogP contribution in [0.3, 0.4) is 0 Å². The largest absolute Gasteiger partial charge is 0.497 e. The van der Waals surface area contributed by atoms with Gasteiger partial charge in [0.25, 0.3) is 5.56 Å². The zero-order chi connectivity index (χ0) is 21.7. The number of methoxy groups -OCH3 is 1. The van der Waals surface area contributed by atoms with Crippen LogP contribution in [0.25, 0.3) is 27.8 Å². The first-order valence-corrected chi connectivity index (χ1v) is 9.99. The first-order valence-electron chi connectivity index (χ1n) is 9.99. The predicted octanol–water partition coefficient (Wildman–Crippen LogP) is 2.92. The monoisotopic (exact) mass is 425 g/mol. The van der Waals surface area contributed by atoms with Crippen LogP contribution in [0.15, 0.2) is 47.3 Å². The fraction of sp³-hybridized carbons (Fsp3) is 0.273. The molecule has 3 aliphatic heterocycles. The highest BCUT2D eigenvalue weighted by molar-refractivity contribution is 5.95. The number of rotatable bonds is 3. The smallest absolute Gasteiger partial charge is 0.285 e. The Morgan fingerprint density at radius 1 is 1.00 bits per heavy atom. The normalized spacial score (nSPS) is 15.2. The summed E-state index contributed by atoms with van der Waals surface area (Å²) >= 11 is 0. The summed E-state index contributed by atoms with van der Waals surface area (Å²) in [7, 11) is 3.59. The SMILES string of the molecule is COc1ccc(-n2nc3c4ccc(N5CCN(C)CC5)cc4n(F)c(F)c-3c2=O)cc1. The van der Waals surface area contributed by atoms with Crippen LogP contribution in [-0.4, -0.2) is 59.8 Å². The van der Waals surface area contributed by atoms with Crippen LogP contribution in [0.5, 0.6) is 5.75 Å². The molecule has 0 radical (unpaired) electrons. The van der Waals surface area contributed by atoms with Crippen molar-refractivity contribution in [3.05, 3.63) is 58.8 Å². The van der Waals surface area contributed by atoms with Gasteiger partial charge in [0.05, 0.1) is 18.3 Å². The van der Waals surface area contributed by atoms with E-state index in [1.54, 1.807) is 36.4 Å². The lowest BCUT2D eigenvalue weighted by Gasteiger charge is -2.34. The molecule has 0 unspecified atom stereocenters. The number of piperazine rings is 1. The molecule has 0 saturated carbocycles. The standard InChI is InChI=1S/C22H21F2N5O2/c1-26-9-11-27(12-10-26)15-5-8-17-18(13-15)28(24)21(23)19-20(17)25-29(22(19)30)14-3-6-16(31-2)7-4-14/h3-8,13H,9-12H2,1-2H3. The van der Waals surface area contributed by atoms with Crippen molar-refractivity contribution in [2.75, 3.05) is 45.2 Å². The molecule has 7 nitrogen and oxygen atoms in total. The molecule has 0 N–H and O–H groups in total. The summed E-state index contributed by atoms with van der Waals surface area (Å²) in [5.74, 6) is -0.634. The Kier molecular flexibility index (Phi) is 4.62. The van der Waals surface area contributed by atoms with Crippen molar-refractivity contribution in [3.63, 3.8) is 0 Å². The Balaban J connectivity index is 1.67. The van der Waals surface area contributed by atoms with Gasteiger partial charge in [0.1, 0.15) is 17.0 Å². The van der Waals surface area contributed by atoms with E-state index in [0.717, 1.165) is 36.5 Å². The second-order valence-electron chi connectivity index (χ2n) is 7.70. The molecule has 2 aromatic carbocycles. The number of hydrogen-bond acceptors (Lipinski definition) is 5. The molecule has 0 amide bonds. The van der Waals surface area contributed by atoms with Gasteiger partial charge in [-0.2, -0.15) is 14.2 Å². The van der Waals surface area contributed by atoms with E-state index in [1.165, 1.54) is 7.11 Å². The van der Waals surface area contributed by atoms with Crippen molar-refractivity contribution >= 4 is 16.6 Å². The van der Waals surface area contributed by atoms with Crippen LogP contribution in [0, 0.1) is 5.95 Å². The lowest BCUT2D eigenvalue weighted by atomic mass is 10.1. The number of likely N-dealkylation sites (N-methyl/N-ethyl adjacent to an activating group) is 1. The molecular weight excluding hydrogens is 404 g/mol. The van der Waals surface area contributed by atoms with Gasteiger partial charge < -0.3 is 14.5 Å². The van der Waals surface area contributed by atoms with Gasteiger partial charge in [0, 0.05) is 37.3 Å². The van der Waals surface area contributed by atoms with Gasteiger partial charge >= 0.3 is 0 Å². The Bertz CT molecular complexity index is 1290. The third kappa shape index (κ3) is 3.12. The first kappa shape index (κ1) is 19.5. The number of benzene rings is 2. The number of halogens is 2.